The number of piperidine rings is 1. The summed E-state index contributed by atoms with van der Waals surface area (Å²) in [5.41, 5.74) is 7.95. The molecule has 1 heterocycles. The van der Waals surface area contributed by atoms with E-state index in [1.54, 1.807) is 0 Å². The monoisotopic (exact) mass is 338 g/mol. The Bertz CT molecular complexity index is 662. The number of ether oxygens (including phenoxy) is 1. The molecule has 0 unspecified atom stereocenters. The van der Waals surface area contributed by atoms with Gasteiger partial charge in [-0.25, -0.2) is 0 Å². The van der Waals surface area contributed by atoms with E-state index in [0.717, 1.165) is 44.6 Å². The Labute approximate surface area is 149 Å². The highest BCUT2D eigenvalue weighted by Crippen LogP contribution is 2.20. The van der Waals surface area contributed by atoms with Crippen molar-refractivity contribution in [2.24, 2.45) is 11.7 Å². The van der Waals surface area contributed by atoms with Crippen LogP contribution in [0.5, 0.6) is 5.75 Å². The number of carbonyl (C=O) groups is 1. The van der Waals surface area contributed by atoms with Crippen LogP contribution in [0.4, 0.5) is 0 Å². The Hall–Kier alpha value is -2.33. The molecule has 2 aromatic rings. The highest BCUT2D eigenvalue weighted by atomic mass is 16.5. The highest BCUT2D eigenvalue weighted by Gasteiger charge is 2.22. The van der Waals surface area contributed by atoms with Gasteiger partial charge in [-0.15, -0.1) is 0 Å². The summed E-state index contributed by atoms with van der Waals surface area (Å²) in [5, 5.41) is 0. The van der Waals surface area contributed by atoms with Crippen molar-refractivity contribution in [1.29, 1.82) is 0 Å². The molecule has 0 radical (unpaired) electrons. The fourth-order valence-corrected chi connectivity index (χ4v) is 3.26. The van der Waals surface area contributed by atoms with Gasteiger partial charge in [0.25, 0.3) is 0 Å². The van der Waals surface area contributed by atoms with Crippen molar-refractivity contribution in [2.45, 2.75) is 25.8 Å². The number of carbonyl (C=O) groups excluding carboxylic acids is 1. The number of primary amides is 1. The van der Waals surface area contributed by atoms with Crippen LogP contribution in [-0.2, 0) is 17.8 Å². The normalized spacial score (nSPS) is 15.8. The van der Waals surface area contributed by atoms with E-state index < -0.39 is 0 Å². The maximum absolute atomic E-state index is 11.2. The zero-order valence-corrected chi connectivity index (χ0v) is 14.6. The number of hydrogen-bond acceptors (Lipinski definition) is 3. The maximum atomic E-state index is 11.2. The maximum Gasteiger partial charge on any atom is 0.220 e. The molecule has 25 heavy (non-hydrogen) atoms. The second kappa shape index (κ2) is 8.67. The molecule has 0 aromatic heterocycles. The Balaban J connectivity index is 1.42. The Kier molecular flexibility index (Phi) is 6.07. The molecule has 132 valence electrons. The minimum Gasteiger partial charge on any atom is -0.493 e. The van der Waals surface area contributed by atoms with Gasteiger partial charge in [0.2, 0.25) is 5.91 Å². The quantitative estimate of drug-likeness (QED) is 0.844. The number of nitrogens with zero attached hydrogens (tertiary/aromatic N) is 1. The van der Waals surface area contributed by atoms with Gasteiger partial charge < -0.3 is 10.5 Å². The van der Waals surface area contributed by atoms with Crippen LogP contribution in [0.15, 0.2) is 54.6 Å². The van der Waals surface area contributed by atoms with Crippen molar-refractivity contribution < 1.29 is 9.53 Å². The molecule has 1 fully saturated rings. The molecular formula is C21H26N2O2. The first-order chi connectivity index (χ1) is 12.2. The van der Waals surface area contributed by atoms with Crippen LogP contribution in [-0.4, -0.2) is 30.5 Å². The smallest absolute Gasteiger partial charge is 0.220 e. The summed E-state index contributed by atoms with van der Waals surface area (Å²) in [5.74, 6) is 0.806. The van der Waals surface area contributed by atoms with Crippen LogP contribution < -0.4 is 10.5 Å². The lowest BCUT2D eigenvalue weighted by atomic mass is 9.96. The Morgan fingerprint density at radius 3 is 2.32 bits per heavy atom. The standard InChI is InChI=1S/C21H26N2O2/c22-21(24)19-10-13-23(14-11-19)16-18-6-8-20(9-7-18)25-15-12-17-4-2-1-3-5-17/h1-9,19H,10-16H2,(H2,22,24). The molecule has 0 bridgehead atoms. The molecule has 1 amide bonds. The molecule has 0 aliphatic carbocycles. The van der Waals surface area contributed by atoms with E-state index in [1.807, 2.05) is 18.2 Å². The van der Waals surface area contributed by atoms with Crippen molar-refractivity contribution in [3.63, 3.8) is 0 Å². The number of likely N-dealkylation sites (tertiary alicyclic amines) is 1. The average molecular weight is 338 g/mol. The van der Waals surface area contributed by atoms with Crippen LogP contribution >= 0.6 is 0 Å². The topological polar surface area (TPSA) is 55.6 Å². The van der Waals surface area contributed by atoms with Crippen molar-refractivity contribution in [2.75, 3.05) is 19.7 Å². The molecule has 1 saturated heterocycles. The van der Waals surface area contributed by atoms with Crippen LogP contribution in [0.2, 0.25) is 0 Å². The Morgan fingerprint density at radius 1 is 1.00 bits per heavy atom. The summed E-state index contributed by atoms with van der Waals surface area (Å²) >= 11 is 0. The largest absolute Gasteiger partial charge is 0.493 e. The van der Waals surface area contributed by atoms with Crippen molar-refractivity contribution >= 4 is 5.91 Å². The third-order valence-corrected chi connectivity index (χ3v) is 4.82. The zero-order valence-electron chi connectivity index (χ0n) is 14.6. The van der Waals surface area contributed by atoms with E-state index in [2.05, 4.69) is 41.3 Å². The SMILES string of the molecule is NC(=O)C1CCN(Cc2ccc(OCCc3ccccc3)cc2)CC1. The lowest BCUT2D eigenvalue weighted by molar-refractivity contribution is -0.123. The number of hydrogen-bond donors (Lipinski definition) is 1. The molecule has 2 aromatic carbocycles. The third-order valence-electron chi connectivity index (χ3n) is 4.82. The summed E-state index contributed by atoms with van der Waals surface area (Å²) in [6, 6.07) is 18.7. The van der Waals surface area contributed by atoms with Crippen molar-refractivity contribution in [3.05, 3.63) is 65.7 Å². The van der Waals surface area contributed by atoms with Gasteiger partial charge >= 0.3 is 0 Å². The van der Waals surface area contributed by atoms with E-state index in [9.17, 15) is 4.79 Å². The van der Waals surface area contributed by atoms with E-state index in [-0.39, 0.29) is 11.8 Å². The van der Waals surface area contributed by atoms with E-state index in [1.165, 1.54) is 11.1 Å². The molecule has 0 spiro atoms. The number of nitrogens with two attached hydrogens (primary N) is 1. The lowest BCUT2D eigenvalue weighted by Gasteiger charge is -2.30. The summed E-state index contributed by atoms with van der Waals surface area (Å²) in [6.07, 6.45) is 2.66. The van der Waals surface area contributed by atoms with Crippen LogP contribution in [0.1, 0.15) is 24.0 Å². The predicted octanol–water partition coefficient (Wildman–Crippen LogP) is 3.01. The van der Waals surface area contributed by atoms with E-state index in [0.29, 0.717) is 6.61 Å². The first-order valence-corrected chi connectivity index (χ1v) is 8.98. The fraction of sp³-hybridized carbons (Fsp3) is 0.381. The predicted molar refractivity (Wildman–Crippen MR) is 99.3 cm³/mol. The second-order valence-corrected chi connectivity index (χ2v) is 6.68. The summed E-state index contributed by atoms with van der Waals surface area (Å²) in [6.45, 7) is 3.46. The molecule has 1 aliphatic rings. The van der Waals surface area contributed by atoms with Crippen LogP contribution in [0, 0.1) is 5.92 Å². The van der Waals surface area contributed by atoms with Crippen molar-refractivity contribution in [1.82, 2.24) is 4.90 Å². The molecule has 4 nitrogen and oxygen atoms in total. The molecule has 4 heteroatoms. The van der Waals surface area contributed by atoms with Gasteiger partial charge in [0.1, 0.15) is 5.75 Å². The van der Waals surface area contributed by atoms with Crippen molar-refractivity contribution in [3.8, 4) is 5.75 Å². The van der Waals surface area contributed by atoms with Gasteiger partial charge in [0.15, 0.2) is 0 Å². The summed E-state index contributed by atoms with van der Waals surface area (Å²) in [4.78, 5) is 13.6. The molecular weight excluding hydrogens is 312 g/mol. The Morgan fingerprint density at radius 2 is 1.68 bits per heavy atom. The molecule has 3 rings (SSSR count). The van der Waals surface area contributed by atoms with Crippen LogP contribution in [0.3, 0.4) is 0 Å². The van der Waals surface area contributed by atoms with Gasteiger partial charge in [-0.05, 0) is 49.2 Å². The minimum absolute atomic E-state index is 0.0524. The van der Waals surface area contributed by atoms with E-state index >= 15 is 0 Å². The molecule has 0 saturated carbocycles. The van der Waals surface area contributed by atoms with E-state index in [4.69, 9.17) is 10.5 Å². The lowest BCUT2D eigenvalue weighted by Crippen LogP contribution is -2.38. The van der Waals surface area contributed by atoms with Crippen LogP contribution in [0.25, 0.3) is 0 Å². The van der Waals surface area contributed by atoms with Gasteiger partial charge in [0.05, 0.1) is 6.61 Å². The molecule has 1 aliphatic heterocycles. The van der Waals surface area contributed by atoms with Gasteiger partial charge in [-0.1, -0.05) is 42.5 Å². The fourth-order valence-electron chi connectivity index (χ4n) is 3.26. The second-order valence-electron chi connectivity index (χ2n) is 6.68. The number of benzene rings is 2. The first kappa shape index (κ1) is 17.5. The first-order valence-electron chi connectivity index (χ1n) is 8.98. The number of amides is 1. The van der Waals surface area contributed by atoms with Gasteiger partial charge in [0, 0.05) is 18.9 Å². The average Bonchev–Trinajstić information content (AvgIpc) is 2.64. The molecule has 2 N–H and O–H groups in total. The minimum atomic E-state index is -0.156. The molecule has 0 atom stereocenters. The summed E-state index contributed by atoms with van der Waals surface area (Å²) in [7, 11) is 0. The van der Waals surface area contributed by atoms with Gasteiger partial charge in [-0.3, -0.25) is 9.69 Å². The zero-order chi connectivity index (χ0) is 17.5. The highest BCUT2D eigenvalue weighted by molar-refractivity contribution is 5.76. The third kappa shape index (κ3) is 5.33. The number of rotatable bonds is 7. The summed E-state index contributed by atoms with van der Waals surface area (Å²) < 4.78 is 5.83. The van der Waals surface area contributed by atoms with Gasteiger partial charge in [-0.2, -0.15) is 0 Å².